The lowest BCUT2D eigenvalue weighted by molar-refractivity contribution is 0.0950. The lowest BCUT2D eigenvalue weighted by atomic mass is 9.89. The maximum atomic E-state index is 12.5. The summed E-state index contributed by atoms with van der Waals surface area (Å²) in [7, 11) is 0. The maximum absolute atomic E-state index is 12.5. The van der Waals surface area contributed by atoms with Crippen molar-refractivity contribution in [2.45, 2.75) is 25.3 Å². The van der Waals surface area contributed by atoms with E-state index in [4.69, 9.17) is 0 Å². The standard InChI is InChI=1S/C19H21IN2O/c20-18-16(15-9-11-21-12-10-15)7-4-8-17(18)19(23)22-13-14-5-2-1-3-6-14/h1-8,15,21H,9-13H2,(H,22,23). The molecule has 120 valence electrons. The number of carbonyl (C=O) groups excluding carboxylic acids is 1. The number of hydrogen-bond acceptors (Lipinski definition) is 2. The first-order valence-corrected chi connectivity index (χ1v) is 9.15. The van der Waals surface area contributed by atoms with Crippen molar-refractivity contribution in [3.63, 3.8) is 0 Å². The number of rotatable bonds is 4. The molecule has 1 fully saturated rings. The van der Waals surface area contributed by atoms with Gasteiger partial charge in [-0.25, -0.2) is 0 Å². The number of nitrogens with one attached hydrogen (secondary N) is 2. The van der Waals surface area contributed by atoms with Gasteiger partial charge in [0.1, 0.15) is 0 Å². The van der Waals surface area contributed by atoms with Gasteiger partial charge in [0.05, 0.1) is 5.56 Å². The predicted molar refractivity (Wildman–Crippen MR) is 102 cm³/mol. The van der Waals surface area contributed by atoms with Crippen LogP contribution < -0.4 is 10.6 Å². The van der Waals surface area contributed by atoms with Gasteiger partial charge in [0.15, 0.2) is 0 Å². The van der Waals surface area contributed by atoms with Crippen molar-refractivity contribution in [3.05, 3.63) is 68.8 Å². The van der Waals surface area contributed by atoms with Gasteiger partial charge in [-0.3, -0.25) is 4.79 Å². The minimum Gasteiger partial charge on any atom is -0.348 e. The third-order valence-corrected chi connectivity index (χ3v) is 5.55. The van der Waals surface area contributed by atoms with Crippen molar-refractivity contribution < 1.29 is 4.79 Å². The van der Waals surface area contributed by atoms with Gasteiger partial charge in [-0.05, 0) is 71.6 Å². The van der Waals surface area contributed by atoms with Crippen LogP contribution in [0.25, 0.3) is 0 Å². The third kappa shape index (κ3) is 4.12. The molecule has 4 heteroatoms. The van der Waals surface area contributed by atoms with Crippen LogP contribution in [0, 0.1) is 3.57 Å². The molecule has 0 bridgehead atoms. The number of halogens is 1. The average molecular weight is 420 g/mol. The summed E-state index contributed by atoms with van der Waals surface area (Å²) in [5, 5.41) is 6.43. The van der Waals surface area contributed by atoms with E-state index in [0.29, 0.717) is 12.5 Å². The third-order valence-electron chi connectivity index (χ3n) is 4.35. The van der Waals surface area contributed by atoms with E-state index < -0.39 is 0 Å². The quantitative estimate of drug-likeness (QED) is 0.741. The minimum absolute atomic E-state index is 0.00837. The summed E-state index contributed by atoms with van der Waals surface area (Å²) in [6.07, 6.45) is 2.29. The van der Waals surface area contributed by atoms with E-state index in [9.17, 15) is 4.79 Å². The molecular weight excluding hydrogens is 399 g/mol. The number of carbonyl (C=O) groups is 1. The highest BCUT2D eigenvalue weighted by Gasteiger charge is 2.20. The van der Waals surface area contributed by atoms with Crippen LogP contribution in [0.2, 0.25) is 0 Å². The molecular formula is C19H21IN2O. The minimum atomic E-state index is 0.00837. The Morgan fingerprint density at radius 2 is 1.83 bits per heavy atom. The van der Waals surface area contributed by atoms with Crippen LogP contribution in [0.5, 0.6) is 0 Å². The normalized spacial score (nSPS) is 15.3. The zero-order chi connectivity index (χ0) is 16.1. The summed E-state index contributed by atoms with van der Waals surface area (Å²) >= 11 is 2.33. The molecule has 2 aromatic rings. The fraction of sp³-hybridized carbons (Fsp3) is 0.316. The van der Waals surface area contributed by atoms with E-state index in [2.05, 4.69) is 39.3 Å². The van der Waals surface area contributed by atoms with Gasteiger partial charge in [0.25, 0.3) is 5.91 Å². The number of amides is 1. The van der Waals surface area contributed by atoms with Crippen LogP contribution in [0.4, 0.5) is 0 Å². The second-order valence-electron chi connectivity index (χ2n) is 5.90. The van der Waals surface area contributed by atoms with Crippen LogP contribution in [-0.4, -0.2) is 19.0 Å². The Morgan fingerprint density at radius 1 is 1.09 bits per heavy atom. The Labute approximate surface area is 151 Å². The topological polar surface area (TPSA) is 41.1 Å². The fourth-order valence-corrected chi connectivity index (χ4v) is 4.09. The van der Waals surface area contributed by atoms with E-state index in [1.807, 2.05) is 42.5 Å². The molecule has 2 N–H and O–H groups in total. The average Bonchev–Trinajstić information content (AvgIpc) is 2.61. The van der Waals surface area contributed by atoms with Crippen LogP contribution in [-0.2, 0) is 6.54 Å². The molecule has 0 unspecified atom stereocenters. The van der Waals surface area contributed by atoms with Crippen LogP contribution in [0.15, 0.2) is 48.5 Å². The summed E-state index contributed by atoms with van der Waals surface area (Å²) in [6, 6.07) is 16.1. The molecule has 0 atom stereocenters. The van der Waals surface area contributed by atoms with Crippen molar-refractivity contribution in [2.24, 2.45) is 0 Å². The Kier molecular flexibility index (Phi) is 5.67. The number of benzene rings is 2. The molecule has 0 spiro atoms. The molecule has 0 saturated carbocycles. The van der Waals surface area contributed by atoms with Gasteiger partial charge < -0.3 is 10.6 Å². The zero-order valence-electron chi connectivity index (χ0n) is 13.0. The molecule has 3 rings (SSSR count). The SMILES string of the molecule is O=C(NCc1ccccc1)c1cccc(C2CCNCC2)c1I. The van der Waals surface area contributed by atoms with Gasteiger partial charge in [-0.15, -0.1) is 0 Å². The Balaban J connectivity index is 1.73. The van der Waals surface area contributed by atoms with Crippen molar-refractivity contribution in [3.8, 4) is 0 Å². The smallest absolute Gasteiger partial charge is 0.252 e. The van der Waals surface area contributed by atoms with Crippen molar-refractivity contribution in [2.75, 3.05) is 13.1 Å². The van der Waals surface area contributed by atoms with Gasteiger partial charge >= 0.3 is 0 Å². The van der Waals surface area contributed by atoms with Crippen LogP contribution in [0.1, 0.15) is 40.2 Å². The van der Waals surface area contributed by atoms with E-state index in [1.54, 1.807) is 0 Å². The molecule has 0 aliphatic carbocycles. The number of hydrogen-bond donors (Lipinski definition) is 2. The first-order valence-electron chi connectivity index (χ1n) is 8.07. The van der Waals surface area contributed by atoms with Gasteiger partial charge in [-0.2, -0.15) is 0 Å². The molecule has 1 amide bonds. The second kappa shape index (κ2) is 7.93. The van der Waals surface area contributed by atoms with E-state index >= 15 is 0 Å². The molecule has 0 aromatic heterocycles. The summed E-state index contributed by atoms with van der Waals surface area (Å²) in [5.74, 6) is 0.569. The highest BCUT2D eigenvalue weighted by molar-refractivity contribution is 14.1. The number of piperidine rings is 1. The lowest BCUT2D eigenvalue weighted by Gasteiger charge is -2.24. The van der Waals surface area contributed by atoms with Crippen molar-refractivity contribution >= 4 is 28.5 Å². The summed E-state index contributed by atoms with van der Waals surface area (Å²) < 4.78 is 1.10. The Morgan fingerprint density at radius 3 is 2.57 bits per heavy atom. The van der Waals surface area contributed by atoms with Gasteiger partial charge in [0, 0.05) is 10.1 Å². The fourth-order valence-electron chi connectivity index (χ4n) is 3.05. The summed E-state index contributed by atoms with van der Waals surface area (Å²) in [4.78, 5) is 12.5. The molecule has 0 radical (unpaired) electrons. The predicted octanol–water partition coefficient (Wildman–Crippen LogP) is 3.69. The summed E-state index contributed by atoms with van der Waals surface area (Å²) in [5.41, 5.74) is 3.22. The molecule has 1 heterocycles. The van der Waals surface area contributed by atoms with Crippen molar-refractivity contribution in [1.82, 2.24) is 10.6 Å². The monoisotopic (exact) mass is 420 g/mol. The molecule has 1 aliphatic rings. The Hall–Kier alpha value is -1.40. The molecule has 3 nitrogen and oxygen atoms in total. The zero-order valence-corrected chi connectivity index (χ0v) is 15.2. The van der Waals surface area contributed by atoms with Gasteiger partial charge in [0.2, 0.25) is 0 Å². The Bertz CT molecular complexity index is 666. The largest absolute Gasteiger partial charge is 0.348 e. The highest BCUT2D eigenvalue weighted by atomic mass is 127. The van der Waals surface area contributed by atoms with Crippen LogP contribution in [0.3, 0.4) is 0 Å². The van der Waals surface area contributed by atoms with Crippen molar-refractivity contribution in [1.29, 1.82) is 0 Å². The maximum Gasteiger partial charge on any atom is 0.252 e. The second-order valence-corrected chi connectivity index (χ2v) is 6.98. The van der Waals surface area contributed by atoms with E-state index in [-0.39, 0.29) is 5.91 Å². The highest BCUT2D eigenvalue weighted by Crippen LogP contribution is 2.30. The molecule has 1 saturated heterocycles. The first-order chi connectivity index (χ1) is 11.3. The molecule has 23 heavy (non-hydrogen) atoms. The van der Waals surface area contributed by atoms with Crippen LogP contribution >= 0.6 is 22.6 Å². The molecule has 1 aliphatic heterocycles. The van der Waals surface area contributed by atoms with E-state index in [1.165, 1.54) is 5.56 Å². The van der Waals surface area contributed by atoms with Gasteiger partial charge in [-0.1, -0.05) is 42.5 Å². The first kappa shape index (κ1) is 16.5. The molecule has 2 aromatic carbocycles. The lowest BCUT2D eigenvalue weighted by Crippen LogP contribution is -2.28. The van der Waals surface area contributed by atoms with E-state index in [0.717, 1.165) is 40.6 Å². The summed E-state index contributed by atoms with van der Waals surface area (Å²) in [6.45, 7) is 2.68.